The van der Waals surface area contributed by atoms with Crippen LogP contribution in [-0.4, -0.2) is 32.5 Å². The van der Waals surface area contributed by atoms with Crippen molar-refractivity contribution in [2.45, 2.75) is 24.5 Å². The SMILES string of the molecule is COC1=CCC(C2(c3ccc(OC)cc3)C=Cc3c4c(c5ccccc5c3O2)-c2ccccc2C4(C)OCCO)C=C1. The fourth-order valence-electron chi connectivity index (χ4n) is 7.02. The molecule has 42 heavy (non-hydrogen) atoms. The molecular weight excluding hydrogens is 524 g/mol. The molecule has 7 rings (SSSR count). The Morgan fingerprint density at radius 2 is 1.67 bits per heavy atom. The lowest BCUT2D eigenvalue weighted by atomic mass is 9.75. The van der Waals surface area contributed by atoms with E-state index in [1.54, 1.807) is 14.2 Å². The number of hydrogen-bond donors (Lipinski definition) is 1. The number of allylic oxidation sites excluding steroid dienone is 2. The monoisotopic (exact) mass is 558 g/mol. The lowest BCUT2D eigenvalue weighted by Crippen LogP contribution is -2.41. The minimum atomic E-state index is -0.767. The van der Waals surface area contributed by atoms with Crippen LogP contribution >= 0.6 is 0 Å². The third-order valence-corrected chi connectivity index (χ3v) is 9.04. The molecule has 4 aromatic rings. The normalized spacial score (nSPS) is 23.5. The zero-order valence-corrected chi connectivity index (χ0v) is 24.1. The molecule has 0 saturated heterocycles. The number of rotatable bonds is 7. The fraction of sp³-hybridized carbons (Fsp3) is 0.243. The van der Waals surface area contributed by atoms with E-state index >= 15 is 0 Å². The van der Waals surface area contributed by atoms with Gasteiger partial charge in [0.05, 0.1) is 27.4 Å². The second-order valence-electron chi connectivity index (χ2n) is 11.2. The van der Waals surface area contributed by atoms with E-state index in [2.05, 4.69) is 91.9 Å². The van der Waals surface area contributed by atoms with Crippen LogP contribution in [0.25, 0.3) is 28.0 Å². The van der Waals surface area contributed by atoms with Crippen LogP contribution in [0.1, 0.15) is 35.6 Å². The molecule has 0 radical (unpaired) electrons. The van der Waals surface area contributed by atoms with E-state index in [1.165, 1.54) is 0 Å². The average molecular weight is 559 g/mol. The number of methoxy groups -OCH3 is 2. The maximum absolute atomic E-state index is 9.77. The maximum Gasteiger partial charge on any atom is 0.159 e. The Hall–Kier alpha value is -4.32. The summed E-state index contributed by atoms with van der Waals surface area (Å²) in [6.45, 7) is 2.29. The van der Waals surface area contributed by atoms with E-state index in [0.29, 0.717) is 0 Å². The zero-order valence-electron chi connectivity index (χ0n) is 24.1. The second-order valence-corrected chi connectivity index (χ2v) is 11.2. The molecule has 0 bridgehead atoms. The topological polar surface area (TPSA) is 57.2 Å². The first-order valence-electron chi connectivity index (χ1n) is 14.4. The van der Waals surface area contributed by atoms with Crippen molar-refractivity contribution in [3.63, 3.8) is 0 Å². The molecule has 1 N–H and O–H groups in total. The Morgan fingerprint density at radius 1 is 0.905 bits per heavy atom. The number of fused-ring (bicyclic) bond motifs is 8. The largest absolute Gasteiger partial charge is 0.497 e. The van der Waals surface area contributed by atoms with Crippen LogP contribution < -0.4 is 9.47 Å². The van der Waals surface area contributed by atoms with E-state index in [9.17, 15) is 5.11 Å². The standard InChI is InChI=1S/C37H34O5/c1-36(41-23-22-38)32-11-7-6-10-30(32)33-28-8-4-5-9-29(28)35-31(34(33)36)20-21-37(42-35,24-12-16-26(39-2)17-13-24)25-14-18-27(40-3)19-15-25/h4-14,16-21,25,38H,15,22-23H2,1-3H3. The summed E-state index contributed by atoms with van der Waals surface area (Å²) in [7, 11) is 3.38. The molecule has 0 saturated carbocycles. The summed E-state index contributed by atoms with van der Waals surface area (Å²) in [6.07, 6.45) is 11.5. The first kappa shape index (κ1) is 26.6. The van der Waals surface area contributed by atoms with Crippen LogP contribution in [0.5, 0.6) is 11.5 Å². The molecule has 1 aliphatic heterocycles. The minimum Gasteiger partial charge on any atom is -0.497 e. The number of hydrogen-bond acceptors (Lipinski definition) is 5. The van der Waals surface area contributed by atoms with E-state index in [4.69, 9.17) is 18.9 Å². The van der Waals surface area contributed by atoms with Gasteiger partial charge >= 0.3 is 0 Å². The quantitative estimate of drug-likeness (QED) is 0.254. The molecule has 2 aliphatic carbocycles. The Morgan fingerprint density at radius 3 is 2.38 bits per heavy atom. The molecule has 5 nitrogen and oxygen atoms in total. The van der Waals surface area contributed by atoms with Gasteiger partial charge in [-0.3, -0.25) is 0 Å². The fourth-order valence-corrected chi connectivity index (χ4v) is 7.02. The minimum absolute atomic E-state index is 0.0235. The van der Waals surface area contributed by atoms with Crippen molar-refractivity contribution in [2.75, 3.05) is 27.4 Å². The van der Waals surface area contributed by atoms with E-state index in [0.717, 1.165) is 67.8 Å². The van der Waals surface area contributed by atoms with Gasteiger partial charge in [-0.1, -0.05) is 72.8 Å². The molecule has 1 heterocycles. The predicted molar refractivity (Wildman–Crippen MR) is 166 cm³/mol. The average Bonchev–Trinajstić information content (AvgIpc) is 3.32. The molecule has 3 aliphatic rings. The van der Waals surface area contributed by atoms with Gasteiger partial charge in [0.15, 0.2) is 5.60 Å². The predicted octanol–water partition coefficient (Wildman–Crippen LogP) is 7.51. The Balaban J connectivity index is 1.49. The van der Waals surface area contributed by atoms with E-state index < -0.39 is 11.2 Å². The maximum atomic E-state index is 9.77. The molecule has 5 heteroatoms. The summed E-state index contributed by atoms with van der Waals surface area (Å²) in [5, 5.41) is 11.9. The molecule has 0 amide bonds. The molecule has 0 fully saturated rings. The zero-order chi connectivity index (χ0) is 28.9. The van der Waals surface area contributed by atoms with Crippen LogP contribution in [0.3, 0.4) is 0 Å². The van der Waals surface area contributed by atoms with Gasteiger partial charge in [-0.25, -0.2) is 0 Å². The molecule has 3 atom stereocenters. The van der Waals surface area contributed by atoms with Gasteiger partial charge < -0.3 is 24.1 Å². The van der Waals surface area contributed by atoms with Crippen molar-refractivity contribution < 1.29 is 24.1 Å². The highest BCUT2D eigenvalue weighted by molar-refractivity contribution is 6.08. The molecular formula is C37H34O5. The third kappa shape index (κ3) is 3.84. The highest BCUT2D eigenvalue weighted by Crippen LogP contribution is 2.58. The number of aliphatic hydroxyl groups excluding tert-OH is 1. The van der Waals surface area contributed by atoms with Crippen molar-refractivity contribution in [3.8, 4) is 22.6 Å². The van der Waals surface area contributed by atoms with Crippen molar-refractivity contribution >= 4 is 16.8 Å². The van der Waals surface area contributed by atoms with Crippen molar-refractivity contribution in [1.82, 2.24) is 0 Å². The highest BCUT2D eigenvalue weighted by Gasteiger charge is 2.48. The van der Waals surface area contributed by atoms with Crippen molar-refractivity contribution in [3.05, 3.63) is 125 Å². The van der Waals surface area contributed by atoms with E-state index in [-0.39, 0.29) is 19.1 Å². The van der Waals surface area contributed by atoms with Crippen LogP contribution in [0, 0.1) is 5.92 Å². The summed E-state index contributed by atoms with van der Waals surface area (Å²) in [5.41, 5.74) is 5.02. The molecule has 4 aromatic carbocycles. The van der Waals surface area contributed by atoms with Crippen molar-refractivity contribution in [2.24, 2.45) is 5.92 Å². The van der Waals surface area contributed by atoms with Gasteiger partial charge in [0.2, 0.25) is 0 Å². The Kier molecular flexibility index (Phi) is 6.45. The van der Waals surface area contributed by atoms with Crippen LogP contribution in [0.4, 0.5) is 0 Å². The van der Waals surface area contributed by atoms with Crippen LogP contribution in [0.2, 0.25) is 0 Å². The lowest BCUT2D eigenvalue weighted by Gasteiger charge is -2.42. The smallest absolute Gasteiger partial charge is 0.159 e. The summed E-state index contributed by atoms with van der Waals surface area (Å²) in [4.78, 5) is 0. The summed E-state index contributed by atoms with van der Waals surface area (Å²) < 4.78 is 24.9. The Bertz CT molecular complexity index is 1770. The van der Waals surface area contributed by atoms with E-state index in [1.807, 2.05) is 18.2 Å². The van der Waals surface area contributed by atoms with Gasteiger partial charge in [0.1, 0.15) is 22.9 Å². The summed E-state index contributed by atoms with van der Waals surface area (Å²) in [5.74, 6) is 2.52. The van der Waals surface area contributed by atoms with Gasteiger partial charge in [-0.2, -0.15) is 0 Å². The molecule has 0 aromatic heterocycles. The van der Waals surface area contributed by atoms with Crippen LogP contribution in [0.15, 0.2) is 103 Å². The van der Waals surface area contributed by atoms with Gasteiger partial charge in [0.25, 0.3) is 0 Å². The van der Waals surface area contributed by atoms with Gasteiger partial charge in [-0.05, 0) is 65.8 Å². The molecule has 3 unspecified atom stereocenters. The van der Waals surface area contributed by atoms with Gasteiger partial charge in [0, 0.05) is 28.0 Å². The number of benzene rings is 4. The molecule has 212 valence electrons. The number of ether oxygens (including phenoxy) is 4. The Labute approximate surface area is 246 Å². The van der Waals surface area contributed by atoms with Crippen molar-refractivity contribution in [1.29, 1.82) is 0 Å². The lowest BCUT2D eigenvalue weighted by molar-refractivity contribution is -0.0190. The summed E-state index contributed by atoms with van der Waals surface area (Å²) in [6, 6.07) is 25.1. The second kappa shape index (κ2) is 10.2. The third-order valence-electron chi connectivity index (χ3n) is 9.04. The first-order valence-corrected chi connectivity index (χ1v) is 14.4. The highest BCUT2D eigenvalue weighted by atomic mass is 16.5. The first-order chi connectivity index (χ1) is 20.5. The van der Waals surface area contributed by atoms with Crippen LogP contribution in [-0.2, 0) is 20.7 Å². The molecule has 0 spiro atoms. The number of aliphatic hydroxyl groups is 1. The summed E-state index contributed by atoms with van der Waals surface area (Å²) >= 11 is 0. The van der Waals surface area contributed by atoms with Gasteiger partial charge in [-0.15, -0.1) is 0 Å².